The fraction of sp³-hybridized carbons (Fsp3) is 0.510. The van der Waals surface area contributed by atoms with E-state index in [1.54, 1.807) is 0 Å². The standard InChI is InChI=1S/2C15H24O.C13H9O.2C4H8O.Sm/c2*1-10-8-11(14(2,3)4)13(16)12(9-10)15(5,6)7;14-13-11-7-3-1-5-9(11)10-6-2-4-8-12(10)13;2*1-2-4-5-3-1;/h2*8-9,16H,1-7H3;1-8,14H;2*1-4H2;. The first-order valence-corrected chi connectivity index (χ1v) is 20.5. The van der Waals surface area contributed by atoms with Gasteiger partial charge in [-0.05, 0) is 106 Å². The number of fused-ring (bicyclic) bond motifs is 3. The number of phenols is 2. The molecule has 3 N–H and O–H groups in total. The van der Waals surface area contributed by atoms with Crippen LogP contribution in [-0.4, -0.2) is 41.7 Å². The Morgan fingerprint density at radius 3 is 0.825 bits per heavy atom. The Kier molecular flexibility index (Phi) is 19.4. The molecule has 7 rings (SSSR count). The van der Waals surface area contributed by atoms with Gasteiger partial charge in [0.2, 0.25) is 0 Å². The quantitative estimate of drug-likeness (QED) is 0.164. The number of aliphatic hydroxyl groups is 1. The maximum atomic E-state index is 10.4. The molecule has 2 aliphatic heterocycles. The van der Waals surface area contributed by atoms with Crippen LogP contribution in [0, 0.1) is 60.3 Å². The number of aliphatic hydroxyl groups excluding tert-OH is 1. The van der Waals surface area contributed by atoms with Crippen molar-refractivity contribution < 1.29 is 65.2 Å². The van der Waals surface area contributed by atoms with Crippen molar-refractivity contribution in [2.75, 3.05) is 26.4 Å². The van der Waals surface area contributed by atoms with Gasteiger partial charge < -0.3 is 24.8 Å². The van der Waals surface area contributed by atoms with Gasteiger partial charge in [0.05, 0.1) is 0 Å². The van der Waals surface area contributed by atoms with Gasteiger partial charge in [0.25, 0.3) is 0 Å². The molecule has 4 aromatic carbocycles. The van der Waals surface area contributed by atoms with Gasteiger partial charge in [0.15, 0.2) is 6.10 Å². The van der Waals surface area contributed by atoms with Crippen LogP contribution in [0.2, 0.25) is 0 Å². The molecule has 0 bridgehead atoms. The number of phenolic OH excluding ortho intramolecular Hbond substituents is 2. The minimum Gasteiger partial charge on any atom is -0.507 e. The third-order valence-corrected chi connectivity index (χ3v) is 10.0. The number of rotatable bonds is 0. The third kappa shape index (κ3) is 15.0. The predicted molar refractivity (Wildman–Crippen MR) is 236 cm³/mol. The molecule has 5 nitrogen and oxygen atoms in total. The van der Waals surface area contributed by atoms with Crippen LogP contribution in [0.15, 0.2) is 72.8 Å². The molecule has 0 spiro atoms. The summed E-state index contributed by atoms with van der Waals surface area (Å²) in [4.78, 5) is 0. The predicted octanol–water partition coefficient (Wildman–Crippen LogP) is 13.2. The average Bonchev–Trinajstić information content (AvgIpc) is 3.92. The number of hydrogen-bond acceptors (Lipinski definition) is 5. The zero-order chi connectivity index (χ0) is 42.1. The Morgan fingerprint density at radius 2 is 0.632 bits per heavy atom. The summed E-state index contributed by atoms with van der Waals surface area (Å²) in [5.74, 6) is 0.927. The van der Waals surface area contributed by atoms with E-state index in [9.17, 15) is 15.3 Å². The molecule has 0 saturated carbocycles. The number of aromatic hydroxyl groups is 2. The summed E-state index contributed by atoms with van der Waals surface area (Å²) in [5, 5.41) is 30.7. The molecule has 2 heterocycles. The van der Waals surface area contributed by atoms with Crippen molar-refractivity contribution in [3.05, 3.63) is 123 Å². The van der Waals surface area contributed by atoms with Crippen LogP contribution in [0.3, 0.4) is 0 Å². The second-order valence-electron chi connectivity index (χ2n) is 19.5. The summed E-state index contributed by atoms with van der Waals surface area (Å²) >= 11 is 0. The molecule has 57 heavy (non-hydrogen) atoms. The molecular formula is C51H73O5Sm. The van der Waals surface area contributed by atoms with Gasteiger partial charge in [-0.1, -0.05) is 167 Å². The molecule has 313 valence electrons. The van der Waals surface area contributed by atoms with Crippen molar-refractivity contribution in [1.82, 2.24) is 0 Å². The van der Waals surface area contributed by atoms with Gasteiger partial charge in [-0.15, -0.1) is 0 Å². The number of benzene rings is 4. The normalized spacial score (nSPS) is 14.9. The Morgan fingerprint density at radius 1 is 0.404 bits per heavy atom. The summed E-state index contributed by atoms with van der Waals surface area (Å²) in [7, 11) is 0. The summed E-state index contributed by atoms with van der Waals surface area (Å²) in [6.45, 7) is 33.8. The van der Waals surface area contributed by atoms with E-state index in [1.165, 1.54) is 36.8 Å². The topological polar surface area (TPSA) is 79.2 Å². The molecule has 2 fully saturated rings. The maximum absolute atomic E-state index is 10.4. The first-order valence-electron chi connectivity index (χ1n) is 20.5. The summed E-state index contributed by atoms with van der Waals surface area (Å²) in [6.07, 6.45) is 5.51. The second kappa shape index (κ2) is 21.8. The van der Waals surface area contributed by atoms with Crippen molar-refractivity contribution in [2.24, 2.45) is 0 Å². The van der Waals surface area contributed by atoms with E-state index < -0.39 is 0 Å². The van der Waals surface area contributed by atoms with Crippen LogP contribution in [0.1, 0.15) is 153 Å². The summed E-state index contributed by atoms with van der Waals surface area (Å²) in [6, 6.07) is 24.2. The first-order chi connectivity index (χ1) is 25.9. The van der Waals surface area contributed by atoms with Crippen LogP contribution in [0.25, 0.3) is 11.1 Å². The van der Waals surface area contributed by atoms with Crippen molar-refractivity contribution >= 4 is 0 Å². The summed E-state index contributed by atoms with van der Waals surface area (Å²) in [5.41, 5.74) is 10.6. The van der Waals surface area contributed by atoms with Crippen LogP contribution in [0.4, 0.5) is 0 Å². The van der Waals surface area contributed by atoms with E-state index in [2.05, 4.69) is 121 Å². The fourth-order valence-electron chi connectivity index (χ4n) is 6.86. The van der Waals surface area contributed by atoms with E-state index in [1.807, 2.05) is 48.5 Å². The molecule has 0 aromatic heterocycles. The SMILES string of the molecule is C1CCOC1.C1CCOC1.Cc1cc(C(C)(C)C)c(O)c(C(C)(C)C)c1.Cc1cc(C(C)(C)C)c(O)c(C(C)(C)C)c1.O[C]1c2ccccc2-c2ccccc21.[Sm]. The molecule has 3 aliphatic rings. The van der Waals surface area contributed by atoms with Gasteiger partial charge in [-0.25, -0.2) is 0 Å². The van der Waals surface area contributed by atoms with Crippen LogP contribution < -0.4 is 0 Å². The first kappa shape index (κ1) is 50.8. The Bertz CT molecular complexity index is 1620. The number of hydrogen-bond donors (Lipinski definition) is 3. The zero-order valence-electron chi connectivity index (χ0n) is 37.7. The van der Waals surface area contributed by atoms with Crippen LogP contribution in [-0.2, 0) is 31.1 Å². The van der Waals surface area contributed by atoms with Crippen molar-refractivity contribution in [1.29, 1.82) is 0 Å². The zero-order valence-corrected chi connectivity index (χ0v) is 40.3. The molecule has 1 aliphatic carbocycles. The molecule has 0 unspecified atom stereocenters. The van der Waals surface area contributed by atoms with Crippen molar-refractivity contribution in [3.63, 3.8) is 0 Å². The molecular weight excluding hydrogens is 843 g/mol. The van der Waals surface area contributed by atoms with E-state index in [0.29, 0.717) is 17.6 Å². The molecule has 1 radical (unpaired) electrons. The van der Waals surface area contributed by atoms with Gasteiger partial charge in [0.1, 0.15) is 11.5 Å². The Labute approximate surface area is 379 Å². The average molecular weight is 917 g/mol. The van der Waals surface area contributed by atoms with Gasteiger partial charge in [-0.2, -0.15) is 0 Å². The molecule has 2 saturated heterocycles. The summed E-state index contributed by atoms with van der Waals surface area (Å²) < 4.78 is 9.89. The Hall–Kier alpha value is -2.30. The van der Waals surface area contributed by atoms with E-state index >= 15 is 0 Å². The van der Waals surface area contributed by atoms with Gasteiger partial charge in [0, 0.05) is 66.8 Å². The Balaban J connectivity index is 0.000000260. The maximum Gasteiger partial charge on any atom is 0.153 e. The van der Waals surface area contributed by atoms with Gasteiger partial charge in [-0.3, -0.25) is 0 Å². The monoisotopic (exact) mass is 917 g/mol. The second-order valence-corrected chi connectivity index (χ2v) is 19.5. The van der Waals surface area contributed by atoms with E-state index in [-0.39, 0.29) is 62.0 Å². The fourth-order valence-corrected chi connectivity index (χ4v) is 6.86. The molecule has 0 atom stereocenters. The number of ether oxygens (including phenoxy) is 2. The number of aryl methyl sites for hydroxylation is 2. The van der Waals surface area contributed by atoms with Crippen molar-refractivity contribution in [2.45, 2.75) is 144 Å². The van der Waals surface area contributed by atoms with E-state index in [0.717, 1.165) is 70.9 Å². The van der Waals surface area contributed by atoms with Crippen LogP contribution >= 0.6 is 0 Å². The minimum absolute atomic E-state index is 0. The molecule has 0 amide bonds. The largest absolute Gasteiger partial charge is 0.507 e. The van der Waals surface area contributed by atoms with E-state index in [4.69, 9.17) is 9.47 Å². The molecule has 4 aromatic rings. The molecule has 6 heteroatoms. The third-order valence-electron chi connectivity index (χ3n) is 10.0. The van der Waals surface area contributed by atoms with Crippen molar-refractivity contribution in [3.8, 4) is 22.6 Å². The van der Waals surface area contributed by atoms with Gasteiger partial charge >= 0.3 is 0 Å². The van der Waals surface area contributed by atoms with Crippen LogP contribution in [0.5, 0.6) is 11.5 Å². The smallest absolute Gasteiger partial charge is 0.153 e. The minimum atomic E-state index is -0.0178.